The fraction of sp³-hybridized carbons (Fsp3) is 0.412. The van der Waals surface area contributed by atoms with Crippen molar-refractivity contribution in [3.63, 3.8) is 0 Å². The maximum Gasteiger partial charge on any atom is 0.226 e. The second kappa shape index (κ2) is 13.1. The van der Waals surface area contributed by atoms with Crippen LogP contribution in [0.25, 0.3) is 10.6 Å². The number of nitrogens with one attached hydrogen (secondary N) is 2. The molecule has 8 heteroatoms. The van der Waals surface area contributed by atoms with E-state index >= 15 is 0 Å². The number of rotatable bonds is 9. The lowest BCUT2D eigenvalue weighted by atomic mass is 10.1. The minimum absolute atomic E-state index is 0. The average Bonchev–Trinajstić information content (AvgIpc) is 2.99. The summed E-state index contributed by atoms with van der Waals surface area (Å²) in [5.74, 6) is -0.000339. The van der Waals surface area contributed by atoms with E-state index in [2.05, 4.69) is 34.7 Å². The molecule has 1 amide bonds. The van der Waals surface area contributed by atoms with E-state index in [-0.39, 0.29) is 30.7 Å². The molecule has 0 aliphatic heterocycles. The standard InChI is InChI=1S/C17H23N3O2S.2ClH/c1-13-4-3-5-14(10-13)17-20-15(12-23-17)11-16(21)19-7-6-18-8-9-22-2;;/h3-5,10,12,18H,6-9,11H2,1-2H3,(H,19,21);2*1H. The minimum Gasteiger partial charge on any atom is -0.383 e. The Kier molecular flexibility index (Phi) is 12.5. The number of carbonyl (C=O) groups is 1. The molecule has 1 heterocycles. The van der Waals surface area contributed by atoms with Crippen LogP contribution in [0.2, 0.25) is 0 Å². The molecule has 0 aliphatic rings. The Balaban J connectivity index is 0.00000288. The molecule has 1 aromatic heterocycles. The van der Waals surface area contributed by atoms with E-state index in [0.717, 1.165) is 29.4 Å². The lowest BCUT2D eigenvalue weighted by Crippen LogP contribution is -2.33. The van der Waals surface area contributed by atoms with Crippen molar-refractivity contribution in [2.45, 2.75) is 13.3 Å². The van der Waals surface area contributed by atoms with E-state index in [0.29, 0.717) is 19.6 Å². The van der Waals surface area contributed by atoms with Crippen molar-refractivity contribution in [2.24, 2.45) is 0 Å². The molecule has 0 saturated carbocycles. The van der Waals surface area contributed by atoms with Gasteiger partial charge in [-0.3, -0.25) is 4.79 Å². The summed E-state index contributed by atoms with van der Waals surface area (Å²) in [4.78, 5) is 16.5. The van der Waals surface area contributed by atoms with Gasteiger partial charge in [-0.1, -0.05) is 23.8 Å². The number of hydrogen-bond donors (Lipinski definition) is 2. The summed E-state index contributed by atoms with van der Waals surface area (Å²) in [6.07, 6.45) is 0.320. The maximum absolute atomic E-state index is 11.9. The minimum atomic E-state index is -0.000339. The Labute approximate surface area is 165 Å². The summed E-state index contributed by atoms with van der Waals surface area (Å²) in [6, 6.07) is 8.23. The molecule has 0 atom stereocenters. The zero-order valence-electron chi connectivity index (χ0n) is 14.4. The zero-order valence-corrected chi connectivity index (χ0v) is 16.9. The van der Waals surface area contributed by atoms with E-state index in [4.69, 9.17) is 4.74 Å². The molecule has 0 unspecified atom stereocenters. The summed E-state index contributed by atoms with van der Waals surface area (Å²) in [6.45, 7) is 4.87. The van der Waals surface area contributed by atoms with Crippen molar-refractivity contribution in [3.8, 4) is 10.6 Å². The second-order valence-corrected chi connectivity index (χ2v) is 6.14. The summed E-state index contributed by atoms with van der Waals surface area (Å²) in [7, 11) is 1.67. The fourth-order valence-electron chi connectivity index (χ4n) is 2.12. The van der Waals surface area contributed by atoms with Crippen molar-refractivity contribution in [1.29, 1.82) is 0 Å². The number of benzene rings is 1. The van der Waals surface area contributed by atoms with Crippen molar-refractivity contribution in [3.05, 3.63) is 40.9 Å². The number of nitrogens with zero attached hydrogens (tertiary/aromatic N) is 1. The van der Waals surface area contributed by atoms with Gasteiger partial charge in [0.15, 0.2) is 0 Å². The van der Waals surface area contributed by atoms with Gasteiger partial charge in [-0.25, -0.2) is 4.98 Å². The average molecular weight is 406 g/mol. The van der Waals surface area contributed by atoms with Crippen LogP contribution < -0.4 is 10.6 Å². The zero-order chi connectivity index (χ0) is 16.5. The molecule has 5 nitrogen and oxygen atoms in total. The van der Waals surface area contributed by atoms with E-state index in [1.807, 2.05) is 17.5 Å². The molecular formula is C17H25Cl2N3O2S. The molecule has 0 bridgehead atoms. The van der Waals surface area contributed by atoms with E-state index in [1.165, 1.54) is 5.56 Å². The van der Waals surface area contributed by atoms with Crippen LogP contribution in [0.15, 0.2) is 29.6 Å². The first kappa shape index (κ1) is 23.8. The molecule has 0 spiro atoms. The highest BCUT2D eigenvalue weighted by molar-refractivity contribution is 7.13. The SMILES string of the molecule is COCCNCCNC(=O)Cc1csc(-c2cccc(C)c2)n1.Cl.Cl. The van der Waals surface area contributed by atoms with Gasteiger partial charge in [-0.2, -0.15) is 0 Å². The fourth-order valence-corrected chi connectivity index (χ4v) is 2.93. The number of halogens is 2. The van der Waals surface area contributed by atoms with E-state index < -0.39 is 0 Å². The summed E-state index contributed by atoms with van der Waals surface area (Å²) in [5.41, 5.74) is 3.12. The van der Waals surface area contributed by atoms with Gasteiger partial charge in [0.1, 0.15) is 5.01 Å². The van der Waals surface area contributed by atoms with E-state index in [9.17, 15) is 4.79 Å². The van der Waals surface area contributed by atoms with Crippen molar-refractivity contribution >= 4 is 42.1 Å². The molecule has 1 aromatic carbocycles. The highest BCUT2D eigenvalue weighted by Gasteiger charge is 2.08. The normalized spacial score (nSPS) is 9.84. The predicted octanol–water partition coefficient (Wildman–Crippen LogP) is 2.86. The summed E-state index contributed by atoms with van der Waals surface area (Å²) >= 11 is 1.57. The van der Waals surface area contributed by atoms with Gasteiger partial charge >= 0.3 is 0 Å². The number of carbonyl (C=O) groups excluding carboxylic acids is 1. The molecule has 0 saturated heterocycles. The highest BCUT2D eigenvalue weighted by Crippen LogP contribution is 2.24. The van der Waals surface area contributed by atoms with Gasteiger partial charge in [-0.05, 0) is 13.0 Å². The molecule has 2 aromatic rings. The molecule has 25 heavy (non-hydrogen) atoms. The van der Waals surface area contributed by atoms with Gasteiger partial charge in [0.2, 0.25) is 5.91 Å². The molecule has 140 valence electrons. The Morgan fingerprint density at radius 3 is 2.76 bits per heavy atom. The third-order valence-corrected chi connectivity index (χ3v) is 4.21. The summed E-state index contributed by atoms with van der Waals surface area (Å²) < 4.78 is 4.94. The number of hydrogen-bond acceptors (Lipinski definition) is 5. The largest absolute Gasteiger partial charge is 0.383 e. The first-order valence-electron chi connectivity index (χ1n) is 7.67. The third-order valence-electron chi connectivity index (χ3n) is 3.27. The van der Waals surface area contributed by atoms with Crippen LogP contribution in [0.5, 0.6) is 0 Å². The molecule has 0 fully saturated rings. The smallest absolute Gasteiger partial charge is 0.226 e. The van der Waals surface area contributed by atoms with Gasteiger partial charge in [0, 0.05) is 37.7 Å². The predicted molar refractivity (Wildman–Crippen MR) is 108 cm³/mol. The number of aryl methyl sites for hydroxylation is 1. The van der Waals surface area contributed by atoms with E-state index in [1.54, 1.807) is 18.4 Å². The Hall–Kier alpha value is -1.18. The van der Waals surface area contributed by atoms with Crippen LogP contribution >= 0.6 is 36.2 Å². The van der Waals surface area contributed by atoms with Gasteiger partial charge < -0.3 is 15.4 Å². The van der Waals surface area contributed by atoms with Crippen LogP contribution in [0, 0.1) is 6.92 Å². The molecule has 2 rings (SSSR count). The van der Waals surface area contributed by atoms with Crippen molar-refractivity contribution in [1.82, 2.24) is 15.6 Å². The van der Waals surface area contributed by atoms with Gasteiger partial charge in [0.25, 0.3) is 0 Å². The second-order valence-electron chi connectivity index (χ2n) is 5.28. The lowest BCUT2D eigenvalue weighted by Gasteiger charge is -2.05. The monoisotopic (exact) mass is 405 g/mol. The quantitative estimate of drug-likeness (QED) is 0.629. The van der Waals surface area contributed by atoms with Crippen LogP contribution in [-0.2, 0) is 16.0 Å². The molecule has 0 radical (unpaired) electrons. The number of aromatic nitrogens is 1. The van der Waals surface area contributed by atoms with Crippen molar-refractivity contribution < 1.29 is 9.53 Å². The number of thiazole rings is 1. The van der Waals surface area contributed by atoms with Gasteiger partial charge in [0.05, 0.1) is 18.7 Å². The Bertz CT molecular complexity index is 638. The molecule has 2 N–H and O–H groups in total. The van der Waals surface area contributed by atoms with Crippen LogP contribution in [0.1, 0.15) is 11.3 Å². The first-order valence-corrected chi connectivity index (χ1v) is 8.55. The van der Waals surface area contributed by atoms with Gasteiger partial charge in [-0.15, -0.1) is 36.2 Å². The molecule has 0 aliphatic carbocycles. The number of ether oxygens (including phenoxy) is 1. The van der Waals surface area contributed by atoms with Crippen LogP contribution in [0.4, 0.5) is 0 Å². The topological polar surface area (TPSA) is 63.2 Å². The first-order chi connectivity index (χ1) is 11.2. The lowest BCUT2D eigenvalue weighted by molar-refractivity contribution is -0.120. The van der Waals surface area contributed by atoms with Crippen LogP contribution in [0.3, 0.4) is 0 Å². The Morgan fingerprint density at radius 1 is 1.24 bits per heavy atom. The third kappa shape index (κ3) is 8.65. The number of methoxy groups -OCH3 is 1. The van der Waals surface area contributed by atoms with Crippen LogP contribution in [-0.4, -0.2) is 44.2 Å². The number of amides is 1. The summed E-state index contributed by atoms with van der Waals surface area (Å²) in [5, 5.41) is 8.98. The Morgan fingerprint density at radius 2 is 2.04 bits per heavy atom. The highest BCUT2D eigenvalue weighted by atomic mass is 35.5. The molecular weight excluding hydrogens is 381 g/mol. The van der Waals surface area contributed by atoms with Crippen molar-refractivity contribution in [2.75, 3.05) is 33.4 Å². The maximum atomic E-state index is 11.9.